The van der Waals surface area contributed by atoms with Crippen LogP contribution in [0.5, 0.6) is 0 Å². The average Bonchev–Trinajstić information content (AvgIpc) is 2.35. The SMILES string of the molecule is CC=N/C(=C\C=C/C)C(CC)CCCCCC. The molecule has 0 aromatic rings. The third-order valence-corrected chi connectivity index (χ3v) is 3.05. The predicted octanol–water partition coefficient (Wildman–Crippen LogP) is 5.53. The van der Waals surface area contributed by atoms with Crippen LogP contribution in [0.4, 0.5) is 0 Å². The zero-order chi connectivity index (χ0) is 12.9. The molecular weight excluding hydrogens is 206 g/mol. The van der Waals surface area contributed by atoms with E-state index in [1.807, 2.05) is 20.1 Å². The molecule has 0 amide bonds. The summed E-state index contributed by atoms with van der Waals surface area (Å²) < 4.78 is 0. The van der Waals surface area contributed by atoms with Gasteiger partial charge in [0.1, 0.15) is 0 Å². The van der Waals surface area contributed by atoms with Crippen molar-refractivity contribution in [1.29, 1.82) is 0 Å². The van der Waals surface area contributed by atoms with E-state index in [-0.39, 0.29) is 0 Å². The smallest absolute Gasteiger partial charge is 0.0430 e. The van der Waals surface area contributed by atoms with E-state index < -0.39 is 0 Å². The lowest BCUT2D eigenvalue weighted by molar-refractivity contribution is 0.494. The summed E-state index contributed by atoms with van der Waals surface area (Å²) >= 11 is 0. The van der Waals surface area contributed by atoms with Gasteiger partial charge in [-0.25, -0.2) is 0 Å². The van der Waals surface area contributed by atoms with Gasteiger partial charge in [0, 0.05) is 17.8 Å². The molecule has 0 saturated carbocycles. The Morgan fingerprint density at radius 2 is 1.88 bits per heavy atom. The van der Waals surface area contributed by atoms with Crippen molar-refractivity contribution >= 4 is 6.21 Å². The van der Waals surface area contributed by atoms with Crippen molar-refractivity contribution in [3.8, 4) is 0 Å². The van der Waals surface area contributed by atoms with Gasteiger partial charge in [0.05, 0.1) is 0 Å². The third kappa shape index (κ3) is 7.95. The minimum Gasteiger partial charge on any atom is -0.266 e. The molecule has 0 aromatic carbocycles. The summed E-state index contributed by atoms with van der Waals surface area (Å²) in [5, 5.41) is 0. The number of aliphatic imine (C=N–C) groups is 1. The maximum absolute atomic E-state index is 4.52. The van der Waals surface area contributed by atoms with Gasteiger partial charge in [0.2, 0.25) is 0 Å². The van der Waals surface area contributed by atoms with Gasteiger partial charge in [-0.3, -0.25) is 4.99 Å². The van der Waals surface area contributed by atoms with Gasteiger partial charge in [-0.15, -0.1) is 0 Å². The molecule has 0 fully saturated rings. The topological polar surface area (TPSA) is 12.4 Å². The fourth-order valence-electron chi connectivity index (χ4n) is 2.01. The van der Waals surface area contributed by atoms with E-state index in [1.54, 1.807) is 0 Å². The van der Waals surface area contributed by atoms with Gasteiger partial charge in [-0.2, -0.15) is 0 Å². The van der Waals surface area contributed by atoms with Crippen LogP contribution < -0.4 is 0 Å². The minimum absolute atomic E-state index is 0.624. The van der Waals surface area contributed by atoms with Crippen molar-refractivity contribution in [1.82, 2.24) is 0 Å². The molecular formula is C16H29N. The normalized spacial score (nSPS) is 14.9. The Labute approximate surface area is 108 Å². The van der Waals surface area contributed by atoms with E-state index in [0.717, 1.165) is 0 Å². The van der Waals surface area contributed by atoms with E-state index in [1.165, 1.54) is 44.2 Å². The van der Waals surface area contributed by atoms with E-state index in [9.17, 15) is 0 Å². The lowest BCUT2D eigenvalue weighted by atomic mass is 9.94. The van der Waals surface area contributed by atoms with E-state index in [2.05, 4.69) is 37.1 Å². The first-order valence-electron chi connectivity index (χ1n) is 7.11. The van der Waals surface area contributed by atoms with Gasteiger partial charge in [-0.1, -0.05) is 51.7 Å². The second-order valence-corrected chi connectivity index (χ2v) is 4.46. The van der Waals surface area contributed by atoms with Crippen molar-refractivity contribution in [3.63, 3.8) is 0 Å². The van der Waals surface area contributed by atoms with Crippen molar-refractivity contribution in [2.75, 3.05) is 0 Å². The van der Waals surface area contributed by atoms with Crippen LogP contribution in [0.3, 0.4) is 0 Å². The van der Waals surface area contributed by atoms with Crippen molar-refractivity contribution in [2.24, 2.45) is 10.9 Å². The second-order valence-electron chi connectivity index (χ2n) is 4.46. The Morgan fingerprint density at radius 3 is 2.41 bits per heavy atom. The highest BCUT2D eigenvalue weighted by Gasteiger charge is 2.10. The first-order valence-corrected chi connectivity index (χ1v) is 7.11. The number of hydrogen-bond acceptors (Lipinski definition) is 1. The van der Waals surface area contributed by atoms with Gasteiger partial charge >= 0.3 is 0 Å². The maximum atomic E-state index is 4.52. The molecule has 0 rings (SSSR count). The zero-order valence-corrected chi connectivity index (χ0v) is 12.1. The average molecular weight is 235 g/mol. The molecule has 1 unspecified atom stereocenters. The molecule has 0 heterocycles. The van der Waals surface area contributed by atoms with Crippen LogP contribution in [-0.4, -0.2) is 6.21 Å². The lowest BCUT2D eigenvalue weighted by Crippen LogP contribution is -2.02. The Hall–Kier alpha value is -0.850. The monoisotopic (exact) mass is 235 g/mol. The summed E-state index contributed by atoms with van der Waals surface area (Å²) in [5.74, 6) is 0.624. The second kappa shape index (κ2) is 11.6. The Morgan fingerprint density at radius 1 is 1.12 bits per heavy atom. The van der Waals surface area contributed by atoms with Crippen LogP contribution in [0, 0.1) is 5.92 Å². The number of hydrogen-bond donors (Lipinski definition) is 0. The van der Waals surface area contributed by atoms with Crippen molar-refractivity contribution in [2.45, 2.75) is 66.2 Å². The van der Waals surface area contributed by atoms with E-state index >= 15 is 0 Å². The van der Waals surface area contributed by atoms with Gasteiger partial charge in [-0.05, 0) is 32.8 Å². The van der Waals surface area contributed by atoms with Crippen LogP contribution in [0.2, 0.25) is 0 Å². The lowest BCUT2D eigenvalue weighted by Gasteiger charge is -2.15. The van der Waals surface area contributed by atoms with Crippen LogP contribution in [-0.2, 0) is 0 Å². The quantitative estimate of drug-likeness (QED) is 0.283. The number of rotatable bonds is 9. The largest absolute Gasteiger partial charge is 0.266 e. The van der Waals surface area contributed by atoms with Gasteiger partial charge in [0.25, 0.3) is 0 Å². The van der Waals surface area contributed by atoms with E-state index in [4.69, 9.17) is 0 Å². The molecule has 1 nitrogen and oxygen atoms in total. The van der Waals surface area contributed by atoms with Crippen LogP contribution in [0.1, 0.15) is 66.2 Å². The molecule has 0 bridgehead atoms. The van der Waals surface area contributed by atoms with Gasteiger partial charge in [0.15, 0.2) is 0 Å². The van der Waals surface area contributed by atoms with Crippen molar-refractivity contribution < 1.29 is 0 Å². The third-order valence-electron chi connectivity index (χ3n) is 3.05. The summed E-state index contributed by atoms with van der Waals surface area (Å²) in [4.78, 5) is 4.52. The van der Waals surface area contributed by atoms with Crippen LogP contribution in [0.15, 0.2) is 28.9 Å². The molecule has 0 aromatic heterocycles. The minimum atomic E-state index is 0.624. The van der Waals surface area contributed by atoms with Gasteiger partial charge < -0.3 is 0 Å². The molecule has 1 atom stereocenters. The molecule has 0 aliphatic heterocycles. The fraction of sp³-hybridized carbons (Fsp3) is 0.688. The molecule has 0 aliphatic carbocycles. The van der Waals surface area contributed by atoms with Crippen molar-refractivity contribution in [3.05, 3.63) is 23.9 Å². The highest BCUT2D eigenvalue weighted by atomic mass is 14.7. The first-order chi connectivity index (χ1) is 8.29. The number of nitrogens with zero attached hydrogens (tertiary/aromatic N) is 1. The standard InChI is InChI=1S/C16H29N/c1-5-9-11-12-13-15(7-3)16(17-8-4)14-10-6-2/h6,8,10,14-15H,5,7,9,11-13H2,1-4H3/b10-6-,16-14-,17-8?. The molecule has 0 saturated heterocycles. The molecule has 98 valence electrons. The van der Waals surface area contributed by atoms with E-state index in [0.29, 0.717) is 5.92 Å². The number of unbranched alkanes of at least 4 members (excludes halogenated alkanes) is 3. The molecule has 0 radical (unpaired) electrons. The summed E-state index contributed by atoms with van der Waals surface area (Å²) in [6, 6.07) is 0. The van der Waals surface area contributed by atoms with Crippen LogP contribution >= 0.6 is 0 Å². The Kier molecular flexibility index (Phi) is 11.0. The molecule has 0 aliphatic rings. The Bertz CT molecular complexity index is 248. The summed E-state index contributed by atoms with van der Waals surface area (Å²) in [6.07, 6.45) is 16.1. The summed E-state index contributed by atoms with van der Waals surface area (Å²) in [7, 11) is 0. The molecule has 17 heavy (non-hydrogen) atoms. The molecule has 0 spiro atoms. The maximum Gasteiger partial charge on any atom is 0.0430 e. The highest BCUT2D eigenvalue weighted by molar-refractivity contribution is 5.55. The number of allylic oxidation sites excluding steroid dienone is 4. The summed E-state index contributed by atoms with van der Waals surface area (Å²) in [5.41, 5.74) is 1.24. The first kappa shape index (κ1) is 16.1. The Balaban J connectivity index is 4.35. The van der Waals surface area contributed by atoms with Crippen LogP contribution in [0.25, 0.3) is 0 Å². The predicted molar refractivity (Wildman–Crippen MR) is 79.6 cm³/mol. The highest BCUT2D eigenvalue weighted by Crippen LogP contribution is 2.23. The molecule has 0 N–H and O–H groups in total. The fourth-order valence-corrected chi connectivity index (χ4v) is 2.01. The summed E-state index contributed by atoms with van der Waals surface area (Å²) in [6.45, 7) is 8.56. The zero-order valence-electron chi connectivity index (χ0n) is 12.1. The molecule has 1 heteroatoms.